The van der Waals surface area contributed by atoms with Crippen molar-refractivity contribution < 1.29 is 9.53 Å². The van der Waals surface area contributed by atoms with Gasteiger partial charge < -0.3 is 10.1 Å². The summed E-state index contributed by atoms with van der Waals surface area (Å²) in [6, 6.07) is 13.4. The van der Waals surface area contributed by atoms with Crippen LogP contribution in [-0.4, -0.2) is 38.2 Å². The van der Waals surface area contributed by atoms with E-state index in [-0.39, 0.29) is 24.2 Å². The van der Waals surface area contributed by atoms with E-state index in [1.54, 1.807) is 23.9 Å². The monoisotopic (exact) mass is 519 g/mol. The molecule has 1 N–H and O–H groups in total. The largest absolute Gasteiger partial charge is 0.378 e. The zero-order chi connectivity index (χ0) is 25.9. The molecular formula is C28H30ClN5O3. The first-order valence-corrected chi connectivity index (χ1v) is 12.9. The second-order valence-electron chi connectivity index (χ2n) is 9.65. The van der Waals surface area contributed by atoms with Crippen LogP contribution in [0.2, 0.25) is 5.02 Å². The Hall–Kier alpha value is -3.49. The highest BCUT2D eigenvalue weighted by Gasteiger charge is 2.26. The molecule has 1 aliphatic rings. The number of nitrogens with zero attached hydrogens (tertiary/aromatic N) is 4. The molecule has 0 aliphatic heterocycles. The van der Waals surface area contributed by atoms with Gasteiger partial charge in [0.25, 0.3) is 5.91 Å². The van der Waals surface area contributed by atoms with Crippen molar-refractivity contribution in [1.82, 2.24) is 24.4 Å². The summed E-state index contributed by atoms with van der Waals surface area (Å²) in [4.78, 5) is 35.1. The molecule has 8 nitrogen and oxygen atoms in total. The average Bonchev–Trinajstić information content (AvgIpc) is 3.18. The summed E-state index contributed by atoms with van der Waals surface area (Å²) in [5.74, 6) is 0.162. The Morgan fingerprint density at radius 3 is 2.54 bits per heavy atom. The third-order valence-corrected chi connectivity index (χ3v) is 7.28. The van der Waals surface area contributed by atoms with Crippen molar-refractivity contribution in [2.24, 2.45) is 5.92 Å². The number of carbonyl (C=O) groups is 1. The number of imidazole rings is 1. The van der Waals surface area contributed by atoms with Gasteiger partial charge in [-0.05, 0) is 68.9 Å². The Morgan fingerprint density at radius 2 is 1.84 bits per heavy atom. The maximum Gasteiger partial charge on any atom is 0.333 e. The molecule has 0 radical (unpaired) electrons. The third-order valence-electron chi connectivity index (χ3n) is 7.07. The molecule has 192 valence electrons. The molecule has 5 rings (SSSR count). The van der Waals surface area contributed by atoms with Gasteiger partial charge in [-0.3, -0.25) is 23.9 Å². The van der Waals surface area contributed by atoms with Crippen molar-refractivity contribution in [2.45, 2.75) is 51.8 Å². The van der Waals surface area contributed by atoms with Crippen molar-refractivity contribution in [1.29, 1.82) is 0 Å². The van der Waals surface area contributed by atoms with Gasteiger partial charge in [-0.1, -0.05) is 23.7 Å². The zero-order valence-electron chi connectivity index (χ0n) is 21.0. The lowest BCUT2D eigenvalue weighted by molar-refractivity contribution is 0.0914. The molecule has 3 heterocycles. The molecule has 3 aromatic heterocycles. The van der Waals surface area contributed by atoms with E-state index in [0.29, 0.717) is 28.7 Å². The van der Waals surface area contributed by atoms with Crippen LogP contribution >= 0.6 is 11.6 Å². The Morgan fingerprint density at radius 1 is 1.08 bits per heavy atom. The molecule has 1 saturated carbocycles. The highest BCUT2D eigenvalue weighted by atomic mass is 35.5. The fourth-order valence-electron chi connectivity index (χ4n) is 5.15. The first-order chi connectivity index (χ1) is 17.9. The van der Waals surface area contributed by atoms with Crippen LogP contribution in [0.25, 0.3) is 16.7 Å². The van der Waals surface area contributed by atoms with Gasteiger partial charge in [0, 0.05) is 31.6 Å². The number of rotatable bonds is 7. The molecule has 9 heteroatoms. The quantitative estimate of drug-likeness (QED) is 0.383. The Bertz CT molecular complexity index is 1470. The van der Waals surface area contributed by atoms with Crippen LogP contribution in [0.5, 0.6) is 0 Å². The second-order valence-corrected chi connectivity index (χ2v) is 10.1. The number of para-hydroxylation sites is 2. The molecule has 0 saturated heterocycles. The van der Waals surface area contributed by atoms with E-state index in [2.05, 4.69) is 15.3 Å². The van der Waals surface area contributed by atoms with Gasteiger partial charge in [-0.25, -0.2) is 4.79 Å². The summed E-state index contributed by atoms with van der Waals surface area (Å²) < 4.78 is 8.80. The van der Waals surface area contributed by atoms with Gasteiger partial charge in [0.2, 0.25) is 0 Å². The standard InChI is InChI=1S/C28H30ClN5O3/c1-18-7-12-22(15-30-18)34-26-6-4-3-5-25(26)33(28(34)36)16-19-8-10-21(11-9-19)32-27(35)23-13-20(29)14-31-24(23)17-37-2/h3-7,12-15,19,21H,8-11,16-17H2,1-2H3,(H,32,35). The fraction of sp³-hybridized carbons (Fsp3) is 0.357. The maximum absolute atomic E-state index is 13.5. The first kappa shape index (κ1) is 25.2. The number of benzene rings is 1. The Labute approximate surface area is 220 Å². The van der Waals surface area contributed by atoms with Crippen molar-refractivity contribution >= 4 is 28.5 Å². The number of aromatic nitrogens is 4. The van der Waals surface area contributed by atoms with E-state index in [1.807, 2.05) is 47.9 Å². The number of hydrogen-bond acceptors (Lipinski definition) is 5. The predicted molar refractivity (Wildman–Crippen MR) is 143 cm³/mol. The third kappa shape index (κ3) is 5.31. The molecule has 0 atom stereocenters. The molecule has 1 amide bonds. The summed E-state index contributed by atoms with van der Waals surface area (Å²) in [5, 5.41) is 3.56. The van der Waals surface area contributed by atoms with Crippen LogP contribution in [0.15, 0.2) is 59.7 Å². The number of amides is 1. The minimum atomic E-state index is -0.184. The zero-order valence-corrected chi connectivity index (χ0v) is 21.7. The van der Waals surface area contributed by atoms with E-state index >= 15 is 0 Å². The summed E-state index contributed by atoms with van der Waals surface area (Å²) in [7, 11) is 1.57. The molecule has 4 aromatic rings. The highest BCUT2D eigenvalue weighted by Crippen LogP contribution is 2.28. The lowest BCUT2D eigenvalue weighted by Gasteiger charge is -2.29. The van der Waals surface area contributed by atoms with Gasteiger partial charge in [0.15, 0.2) is 0 Å². The number of hydrogen-bond donors (Lipinski definition) is 1. The Balaban J connectivity index is 1.29. The SMILES string of the molecule is COCc1ncc(Cl)cc1C(=O)NC1CCC(Cn2c(=O)n(-c3ccc(C)nc3)c3ccccc32)CC1. The van der Waals surface area contributed by atoms with E-state index in [0.717, 1.165) is 48.1 Å². The van der Waals surface area contributed by atoms with E-state index in [4.69, 9.17) is 16.3 Å². The highest BCUT2D eigenvalue weighted by molar-refractivity contribution is 6.30. The van der Waals surface area contributed by atoms with E-state index in [9.17, 15) is 9.59 Å². The minimum Gasteiger partial charge on any atom is -0.378 e. The molecule has 0 spiro atoms. The number of pyridine rings is 2. The van der Waals surface area contributed by atoms with Crippen molar-refractivity contribution in [2.75, 3.05) is 7.11 Å². The normalized spacial score (nSPS) is 17.7. The van der Waals surface area contributed by atoms with Gasteiger partial charge in [-0.15, -0.1) is 0 Å². The molecular weight excluding hydrogens is 490 g/mol. The van der Waals surface area contributed by atoms with Gasteiger partial charge >= 0.3 is 5.69 Å². The van der Waals surface area contributed by atoms with Crippen molar-refractivity contribution in [3.8, 4) is 5.69 Å². The van der Waals surface area contributed by atoms with Crippen molar-refractivity contribution in [3.63, 3.8) is 0 Å². The number of methoxy groups -OCH3 is 1. The summed E-state index contributed by atoms with van der Waals surface area (Å²) in [6.07, 6.45) is 6.79. The maximum atomic E-state index is 13.5. The topological polar surface area (TPSA) is 91.0 Å². The number of carbonyl (C=O) groups excluding carboxylic acids is 1. The number of nitrogens with one attached hydrogen (secondary N) is 1. The number of halogens is 1. The number of ether oxygens (including phenoxy) is 1. The molecule has 0 bridgehead atoms. The molecule has 1 aliphatic carbocycles. The molecule has 0 unspecified atom stereocenters. The van der Waals surface area contributed by atoms with Crippen LogP contribution in [0.4, 0.5) is 0 Å². The smallest absolute Gasteiger partial charge is 0.333 e. The van der Waals surface area contributed by atoms with E-state index < -0.39 is 0 Å². The van der Waals surface area contributed by atoms with Crippen LogP contribution in [-0.2, 0) is 17.9 Å². The summed E-state index contributed by atoms with van der Waals surface area (Å²) >= 11 is 6.09. The van der Waals surface area contributed by atoms with Crippen LogP contribution in [0.1, 0.15) is 47.4 Å². The van der Waals surface area contributed by atoms with Crippen molar-refractivity contribution in [3.05, 3.63) is 87.3 Å². The van der Waals surface area contributed by atoms with Gasteiger partial charge in [-0.2, -0.15) is 0 Å². The number of aryl methyl sites for hydroxylation is 1. The van der Waals surface area contributed by atoms with Gasteiger partial charge in [0.05, 0.1) is 45.8 Å². The minimum absolute atomic E-state index is 0.0543. The average molecular weight is 520 g/mol. The molecule has 37 heavy (non-hydrogen) atoms. The lowest BCUT2D eigenvalue weighted by atomic mass is 9.85. The lowest BCUT2D eigenvalue weighted by Crippen LogP contribution is -2.39. The molecule has 1 aromatic carbocycles. The summed E-state index contributed by atoms with van der Waals surface area (Å²) in [6.45, 7) is 2.81. The Kier molecular flexibility index (Phi) is 7.39. The number of fused-ring (bicyclic) bond motifs is 1. The van der Waals surface area contributed by atoms with Crippen LogP contribution in [0.3, 0.4) is 0 Å². The summed E-state index contributed by atoms with van der Waals surface area (Å²) in [5.41, 5.74) is 4.43. The fourth-order valence-corrected chi connectivity index (χ4v) is 5.31. The van der Waals surface area contributed by atoms with Crippen LogP contribution in [0, 0.1) is 12.8 Å². The molecule has 1 fully saturated rings. The van der Waals surface area contributed by atoms with E-state index in [1.165, 1.54) is 6.20 Å². The first-order valence-electron chi connectivity index (χ1n) is 12.5. The second kappa shape index (κ2) is 10.9. The van der Waals surface area contributed by atoms with Gasteiger partial charge in [0.1, 0.15) is 0 Å². The van der Waals surface area contributed by atoms with Crippen LogP contribution < -0.4 is 11.0 Å². The predicted octanol–water partition coefficient (Wildman–Crippen LogP) is 4.68.